The second kappa shape index (κ2) is 8.64. The van der Waals surface area contributed by atoms with Gasteiger partial charge < -0.3 is 4.90 Å². The van der Waals surface area contributed by atoms with E-state index < -0.39 is 0 Å². The highest BCUT2D eigenvalue weighted by Crippen LogP contribution is 2.36. The van der Waals surface area contributed by atoms with Gasteiger partial charge in [0.1, 0.15) is 0 Å². The fraction of sp³-hybridized carbons (Fsp3) is 0.619. The van der Waals surface area contributed by atoms with E-state index in [0.29, 0.717) is 22.7 Å². The number of tetrazole rings is 1. The minimum absolute atomic E-state index is 0.207. The molecule has 2 heterocycles. The molecule has 4 rings (SSSR count). The van der Waals surface area contributed by atoms with Crippen molar-refractivity contribution >= 4 is 17.7 Å². The van der Waals surface area contributed by atoms with Crippen LogP contribution in [0, 0.1) is 11.8 Å². The molecular weight excluding hydrogens is 370 g/mol. The van der Waals surface area contributed by atoms with Crippen LogP contribution < -0.4 is 0 Å². The number of benzene rings is 1. The number of fused-ring (bicyclic) bond motifs is 1. The molecule has 6 nitrogen and oxygen atoms in total. The first-order chi connectivity index (χ1) is 13.6. The van der Waals surface area contributed by atoms with Gasteiger partial charge in [0.2, 0.25) is 11.1 Å². The number of carbonyl (C=O) groups is 1. The third-order valence-corrected chi connectivity index (χ3v) is 7.12. The number of aromatic nitrogens is 4. The molecule has 2 fully saturated rings. The third-order valence-electron chi connectivity index (χ3n) is 6.21. The summed E-state index contributed by atoms with van der Waals surface area (Å²) in [5.41, 5.74) is 2.21. The third kappa shape index (κ3) is 4.24. The lowest BCUT2D eigenvalue weighted by molar-refractivity contribution is -0.131. The van der Waals surface area contributed by atoms with Crippen LogP contribution in [0.3, 0.4) is 0 Å². The van der Waals surface area contributed by atoms with Gasteiger partial charge in [0.25, 0.3) is 0 Å². The van der Waals surface area contributed by atoms with E-state index >= 15 is 0 Å². The van der Waals surface area contributed by atoms with Gasteiger partial charge in [-0.1, -0.05) is 57.0 Å². The van der Waals surface area contributed by atoms with Crippen molar-refractivity contribution in [3.05, 3.63) is 29.8 Å². The Labute approximate surface area is 171 Å². The van der Waals surface area contributed by atoms with Crippen LogP contribution in [0.2, 0.25) is 0 Å². The fourth-order valence-electron chi connectivity index (χ4n) is 4.48. The van der Waals surface area contributed by atoms with Gasteiger partial charge in [-0.05, 0) is 58.7 Å². The summed E-state index contributed by atoms with van der Waals surface area (Å²) in [6.07, 6.45) is 6.49. The summed E-state index contributed by atoms with van der Waals surface area (Å²) in [7, 11) is 0. The maximum Gasteiger partial charge on any atom is 0.233 e. The Kier molecular flexibility index (Phi) is 5.99. The van der Waals surface area contributed by atoms with E-state index in [4.69, 9.17) is 0 Å². The molecule has 7 heteroatoms. The highest BCUT2D eigenvalue weighted by molar-refractivity contribution is 7.99. The van der Waals surface area contributed by atoms with E-state index in [1.165, 1.54) is 49.4 Å². The molecule has 2 aromatic rings. The first-order valence-electron chi connectivity index (χ1n) is 10.4. The maximum atomic E-state index is 12.8. The SMILES string of the molecule is CC(C)c1ccc(-n2nnnc2SCC(=O)N2CC[C@@H]3CCCC[C@@H]3C2)cc1. The molecule has 1 saturated carbocycles. The quantitative estimate of drug-likeness (QED) is 0.713. The summed E-state index contributed by atoms with van der Waals surface area (Å²) >= 11 is 1.43. The second-order valence-corrected chi connectivity index (χ2v) is 9.28. The highest BCUT2D eigenvalue weighted by atomic mass is 32.2. The van der Waals surface area contributed by atoms with Crippen LogP contribution in [0.5, 0.6) is 0 Å². The molecule has 0 N–H and O–H groups in total. The number of rotatable bonds is 5. The lowest BCUT2D eigenvalue weighted by atomic mass is 9.75. The highest BCUT2D eigenvalue weighted by Gasteiger charge is 2.32. The molecule has 28 heavy (non-hydrogen) atoms. The van der Waals surface area contributed by atoms with Gasteiger partial charge in [-0.3, -0.25) is 4.79 Å². The number of carbonyl (C=O) groups excluding carboxylic acids is 1. The van der Waals surface area contributed by atoms with E-state index in [1.54, 1.807) is 4.68 Å². The van der Waals surface area contributed by atoms with Crippen LogP contribution in [0.25, 0.3) is 5.69 Å². The minimum Gasteiger partial charge on any atom is -0.342 e. The predicted molar refractivity (Wildman–Crippen MR) is 111 cm³/mol. The van der Waals surface area contributed by atoms with E-state index in [2.05, 4.69) is 46.4 Å². The number of piperidine rings is 1. The van der Waals surface area contributed by atoms with Crippen LogP contribution >= 0.6 is 11.8 Å². The lowest BCUT2D eigenvalue weighted by Crippen LogP contribution is -2.45. The normalized spacial score (nSPS) is 22.3. The Bertz CT molecular complexity index is 803. The van der Waals surface area contributed by atoms with Gasteiger partial charge in [0, 0.05) is 13.1 Å². The predicted octanol–water partition coefficient (Wildman–Crippen LogP) is 3.92. The van der Waals surface area contributed by atoms with Gasteiger partial charge in [0.15, 0.2) is 0 Å². The molecule has 2 atom stereocenters. The van der Waals surface area contributed by atoms with Gasteiger partial charge in [-0.2, -0.15) is 4.68 Å². The smallest absolute Gasteiger partial charge is 0.233 e. The Morgan fingerprint density at radius 2 is 1.89 bits per heavy atom. The summed E-state index contributed by atoms with van der Waals surface area (Å²) in [4.78, 5) is 14.8. The molecule has 1 aromatic carbocycles. The zero-order valence-corrected chi connectivity index (χ0v) is 17.6. The van der Waals surface area contributed by atoms with E-state index in [0.717, 1.165) is 24.7 Å². The van der Waals surface area contributed by atoms with Crippen LogP contribution in [0.15, 0.2) is 29.4 Å². The molecule has 150 valence electrons. The zero-order valence-electron chi connectivity index (χ0n) is 16.8. The van der Waals surface area contributed by atoms with E-state index in [-0.39, 0.29) is 5.91 Å². The molecule has 0 radical (unpaired) electrons. The number of hydrogen-bond donors (Lipinski definition) is 0. The molecule has 1 aliphatic heterocycles. The van der Waals surface area contributed by atoms with Crippen molar-refractivity contribution in [2.24, 2.45) is 11.8 Å². The molecule has 1 aromatic heterocycles. The van der Waals surface area contributed by atoms with Crippen molar-refractivity contribution in [1.29, 1.82) is 0 Å². The Morgan fingerprint density at radius 3 is 2.64 bits per heavy atom. The van der Waals surface area contributed by atoms with Crippen molar-refractivity contribution in [3.8, 4) is 5.69 Å². The molecule has 0 bridgehead atoms. The molecule has 1 saturated heterocycles. The van der Waals surface area contributed by atoms with Gasteiger partial charge in [-0.25, -0.2) is 0 Å². The van der Waals surface area contributed by atoms with Crippen molar-refractivity contribution in [2.45, 2.75) is 57.0 Å². The van der Waals surface area contributed by atoms with Crippen molar-refractivity contribution in [2.75, 3.05) is 18.8 Å². The standard InChI is InChI=1S/C21H29N5OS/c1-15(2)16-7-9-19(10-8-16)26-21(22-23-24-26)28-14-20(27)25-12-11-17-5-3-4-6-18(17)13-25/h7-10,15,17-18H,3-6,11-14H2,1-2H3/t17-,18+/m0/s1. The molecular formula is C21H29N5OS. The average Bonchev–Trinajstić information content (AvgIpc) is 3.20. The second-order valence-electron chi connectivity index (χ2n) is 8.34. The van der Waals surface area contributed by atoms with Crippen LogP contribution in [-0.2, 0) is 4.79 Å². The maximum absolute atomic E-state index is 12.8. The van der Waals surface area contributed by atoms with Crippen molar-refractivity contribution in [1.82, 2.24) is 25.1 Å². The largest absolute Gasteiger partial charge is 0.342 e. The van der Waals surface area contributed by atoms with Crippen molar-refractivity contribution < 1.29 is 4.79 Å². The lowest BCUT2D eigenvalue weighted by Gasteiger charge is -2.41. The number of hydrogen-bond acceptors (Lipinski definition) is 5. The summed E-state index contributed by atoms with van der Waals surface area (Å²) in [6, 6.07) is 8.28. The topological polar surface area (TPSA) is 63.9 Å². The monoisotopic (exact) mass is 399 g/mol. The minimum atomic E-state index is 0.207. The molecule has 2 aliphatic rings. The van der Waals surface area contributed by atoms with E-state index in [1.807, 2.05) is 12.1 Å². The molecule has 0 unspecified atom stereocenters. The van der Waals surface area contributed by atoms with Gasteiger partial charge >= 0.3 is 0 Å². The zero-order chi connectivity index (χ0) is 19.5. The summed E-state index contributed by atoms with van der Waals surface area (Å²) < 4.78 is 1.72. The fourth-order valence-corrected chi connectivity index (χ4v) is 5.27. The van der Waals surface area contributed by atoms with Crippen LogP contribution in [0.4, 0.5) is 0 Å². The Balaban J connectivity index is 1.36. The molecule has 0 spiro atoms. The van der Waals surface area contributed by atoms with Gasteiger partial charge in [-0.15, -0.1) is 5.10 Å². The number of nitrogens with zero attached hydrogens (tertiary/aromatic N) is 5. The Hall–Kier alpha value is -1.89. The van der Waals surface area contributed by atoms with E-state index in [9.17, 15) is 4.79 Å². The average molecular weight is 400 g/mol. The number of likely N-dealkylation sites (tertiary alicyclic amines) is 1. The van der Waals surface area contributed by atoms with Crippen LogP contribution in [0.1, 0.15) is 57.4 Å². The van der Waals surface area contributed by atoms with Gasteiger partial charge in [0.05, 0.1) is 11.4 Å². The Morgan fingerprint density at radius 1 is 1.14 bits per heavy atom. The summed E-state index contributed by atoms with van der Waals surface area (Å²) in [5, 5.41) is 12.7. The number of thioether (sulfide) groups is 1. The molecule has 1 aliphatic carbocycles. The number of amides is 1. The first kappa shape index (κ1) is 19.4. The van der Waals surface area contributed by atoms with Crippen LogP contribution in [-0.4, -0.2) is 49.9 Å². The first-order valence-corrected chi connectivity index (χ1v) is 11.4. The molecule has 1 amide bonds. The van der Waals surface area contributed by atoms with Crippen molar-refractivity contribution in [3.63, 3.8) is 0 Å². The summed E-state index contributed by atoms with van der Waals surface area (Å²) in [5.74, 6) is 2.64. The summed E-state index contributed by atoms with van der Waals surface area (Å²) in [6.45, 7) is 6.19.